The second kappa shape index (κ2) is 13.2. The van der Waals surface area contributed by atoms with Gasteiger partial charge < -0.3 is 25.4 Å². The number of phenolic OH excluding ortho intramolecular Hbond substituents is 1. The van der Waals surface area contributed by atoms with Gasteiger partial charge in [0, 0.05) is 45.9 Å². The third-order valence-corrected chi connectivity index (χ3v) is 4.45. The molecule has 0 unspecified atom stereocenters. The van der Waals surface area contributed by atoms with Crippen LogP contribution in [0.5, 0.6) is 5.75 Å². The van der Waals surface area contributed by atoms with Gasteiger partial charge in [0.1, 0.15) is 5.75 Å². The van der Waals surface area contributed by atoms with Crippen molar-refractivity contribution >= 4 is 29.9 Å². The topological polar surface area (TPSA) is 69.1 Å². The van der Waals surface area contributed by atoms with E-state index in [1.54, 1.807) is 19.2 Å². The molecule has 0 amide bonds. The molecule has 0 saturated carbocycles. The number of piperidine rings is 1. The summed E-state index contributed by atoms with van der Waals surface area (Å²) in [5.41, 5.74) is 1.09. The minimum atomic E-state index is 0. The second-order valence-electron chi connectivity index (χ2n) is 6.47. The van der Waals surface area contributed by atoms with Crippen LogP contribution in [0.4, 0.5) is 0 Å². The number of aliphatic imine (C=N–C) groups is 1. The number of hydrogen-bond acceptors (Lipinski definition) is 4. The molecule has 6 nitrogen and oxygen atoms in total. The quantitative estimate of drug-likeness (QED) is 0.233. The lowest BCUT2D eigenvalue weighted by atomic mass is 10.1. The maximum Gasteiger partial charge on any atom is 0.191 e. The van der Waals surface area contributed by atoms with Gasteiger partial charge in [0.15, 0.2) is 5.96 Å². The lowest BCUT2D eigenvalue weighted by molar-refractivity contribution is 0.155. The van der Waals surface area contributed by atoms with Crippen molar-refractivity contribution in [2.75, 3.05) is 39.9 Å². The number of halogens is 1. The molecule has 2 rings (SSSR count). The number of hydrogen-bond donors (Lipinski definition) is 3. The maximum absolute atomic E-state index is 9.35. The Morgan fingerprint density at radius 3 is 2.58 bits per heavy atom. The largest absolute Gasteiger partial charge is 0.508 e. The van der Waals surface area contributed by atoms with E-state index >= 15 is 0 Å². The van der Waals surface area contributed by atoms with E-state index in [9.17, 15) is 5.11 Å². The van der Waals surface area contributed by atoms with E-state index in [1.807, 2.05) is 12.1 Å². The molecule has 0 radical (unpaired) electrons. The van der Waals surface area contributed by atoms with Crippen molar-refractivity contribution in [3.8, 4) is 5.75 Å². The molecule has 0 bridgehead atoms. The summed E-state index contributed by atoms with van der Waals surface area (Å²) in [7, 11) is 1.76. The van der Waals surface area contributed by atoms with Gasteiger partial charge in [0.25, 0.3) is 0 Å². The van der Waals surface area contributed by atoms with Crippen LogP contribution in [0.3, 0.4) is 0 Å². The smallest absolute Gasteiger partial charge is 0.191 e. The fourth-order valence-electron chi connectivity index (χ4n) is 3.02. The Bertz CT molecular complexity index is 517. The van der Waals surface area contributed by atoms with Gasteiger partial charge >= 0.3 is 0 Å². The van der Waals surface area contributed by atoms with E-state index < -0.39 is 0 Å². The van der Waals surface area contributed by atoms with Crippen LogP contribution in [-0.4, -0.2) is 61.9 Å². The van der Waals surface area contributed by atoms with Gasteiger partial charge in [-0.25, -0.2) is 4.99 Å². The first-order chi connectivity index (χ1) is 12.2. The first kappa shape index (κ1) is 23.0. The zero-order chi connectivity index (χ0) is 17.9. The maximum atomic E-state index is 9.35. The fourth-order valence-corrected chi connectivity index (χ4v) is 3.02. The molecule has 1 saturated heterocycles. The van der Waals surface area contributed by atoms with Crippen LogP contribution >= 0.6 is 24.0 Å². The molecule has 0 aromatic heterocycles. The second-order valence-corrected chi connectivity index (χ2v) is 6.47. The Labute approximate surface area is 174 Å². The van der Waals surface area contributed by atoms with E-state index in [0.717, 1.165) is 63.6 Å². The molecule has 1 aromatic carbocycles. The van der Waals surface area contributed by atoms with Gasteiger partial charge in [-0.05, 0) is 43.9 Å². The van der Waals surface area contributed by atoms with Gasteiger partial charge in [-0.3, -0.25) is 0 Å². The zero-order valence-corrected chi connectivity index (χ0v) is 18.2. The molecule has 26 heavy (non-hydrogen) atoms. The van der Waals surface area contributed by atoms with Crippen LogP contribution in [0.1, 0.15) is 31.7 Å². The number of methoxy groups -OCH3 is 1. The summed E-state index contributed by atoms with van der Waals surface area (Å²) < 4.78 is 5.13. The van der Waals surface area contributed by atoms with Crippen LogP contribution in [0, 0.1) is 0 Å². The summed E-state index contributed by atoms with van der Waals surface area (Å²) in [5.74, 6) is 1.16. The van der Waals surface area contributed by atoms with Gasteiger partial charge in [-0.1, -0.05) is 12.1 Å². The highest BCUT2D eigenvalue weighted by Crippen LogP contribution is 2.12. The molecule has 1 aromatic rings. The van der Waals surface area contributed by atoms with Crippen molar-refractivity contribution < 1.29 is 9.84 Å². The number of aromatic hydroxyl groups is 1. The molecule has 0 atom stereocenters. The highest BCUT2D eigenvalue weighted by atomic mass is 127. The standard InChI is InChI=1S/C19H32N4O2.HI/c1-3-20-19(21-15-16-5-7-18(24)8-6-16)22-17-9-12-23(13-10-17)11-4-14-25-2;/h5-8,17,24H,3-4,9-15H2,1-2H3,(H2,20,21,22);1H. The molecule has 7 heteroatoms. The van der Waals surface area contributed by atoms with E-state index in [0.29, 0.717) is 12.6 Å². The van der Waals surface area contributed by atoms with Gasteiger partial charge in [-0.2, -0.15) is 0 Å². The number of nitrogens with zero attached hydrogens (tertiary/aromatic N) is 2. The summed E-state index contributed by atoms with van der Waals surface area (Å²) in [6.45, 7) is 7.73. The molecule has 3 N–H and O–H groups in total. The molecule has 1 aliphatic rings. The van der Waals surface area contributed by atoms with Crippen LogP contribution < -0.4 is 10.6 Å². The number of guanidine groups is 1. The Balaban J connectivity index is 0.00000338. The Morgan fingerprint density at radius 2 is 1.96 bits per heavy atom. The van der Waals surface area contributed by atoms with Crippen molar-refractivity contribution in [1.29, 1.82) is 0 Å². The zero-order valence-electron chi connectivity index (χ0n) is 15.9. The van der Waals surface area contributed by atoms with Crippen LogP contribution in [-0.2, 0) is 11.3 Å². The van der Waals surface area contributed by atoms with Crippen molar-refractivity contribution in [3.05, 3.63) is 29.8 Å². The third kappa shape index (κ3) is 8.55. The lowest BCUT2D eigenvalue weighted by Gasteiger charge is -2.33. The van der Waals surface area contributed by atoms with Crippen molar-refractivity contribution in [1.82, 2.24) is 15.5 Å². The molecule has 1 aliphatic heterocycles. The number of rotatable bonds is 8. The van der Waals surface area contributed by atoms with Gasteiger partial charge in [0.05, 0.1) is 6.54 Å². The predicted molar refractivity (Wildman–Crippen MR) is 117 cm³/mol. The molecule has 1 fully saturated rings. The fraction of sp³-hybridized carbons (Fsp3) is 0.632. The SMILES string of the molecule is CCNC(=NCc1ccc(O)cc1)NC1CCN(CCCOC)CC1.I. The minimum Gasteiger partial charge on any atom is -0.508 e. The Morgan fingerprint density at radius 1 is 1.27 bits per heavy atom. The summed E-state index contributed by atoms with van der Waals surface area (Å²) in [4.78, 5) is 7.18. The molecule has 1 heterocycles. The van der Waals surface area contributed by atoms with E-state index in [4.69, 9.17) is 4.74 Å². The Hall–Kier alpha value is -1.06. The van der Waals surface area contributed by atoms with E-state index in [-0.39, 0.29) is 29.7 Å². The first-order valence-electron chi connectivity index (χ1n) is 9.25. The number of ether oxygens (including phenoxy) is 1. The van der Waals surface area contributed by atoms with E-state index in [1.165, 1.54) is 0 Å². The van der Waals surface area contributed by atoms with Gasteiger partial charge in [-0.15, -0.1) is 24.0 Å². The normalized spacial score (nSPS) is 16.2. The molecular formula is C19H33IN4O2. The number of likely N-dealkylation sites (tertiary alicyclic amines) is 1. The van der Waals surface area contributed by atoms with Crippen molar-refractivity contribution in [2.45, 2.75) is 38.8 Å². The number of nitrogens with one attached hydrogen (secondary N) is 2. The highest BCUT2D eigenvalue weighted by molar-refractivity contribution is 14.0. The van der Waals surface area contributed by atoms with Crippen molar-refractivity contribution in [3.63, 3.8) is 0 Å². The molecular weight excluding hydrogens is 443 g/mol. The van der Waals surface area contributed by atoms with Crippen molar-refractivity contribution in [2.24, 2.45) is 4.99 Å². The average molecular weight is 476 g/mol. The number of phenols is 1. The molecule has 0 spiro atoms. The van der Waals surface area contributed by atoms with Crippen LogP contribution in [0.25, 0.3) is 0 Å². The summed E-state index contributed by atoms with van der Waals surface area (Å²) in [6.07, 6.45) is 3.37. The lowest BCUT2D eigenvalue weighted by Crippen LogP contribution is -2.48. The highest BCUT2D eigenvalue weighted by Gasteiger charge is 2.19. The van der Waals surface area contributed by atoms with Crippen LogP contribution in [0.2, 0.25) is 0 Å². The van der Waals surface area contributed by atoms with Crippen LogP contribution in [0.15, 0.2) is 29.3 Å². The first-order valence-corrected chi connectivity index (χ1v) is 9.25. The number of benzene rings is 1. The predicted octanol–water partition coefficient (Wildman–Crippen LogP) is 2.57. The summed E-state index contributed by atoms with van der Waals surface area (Å²) >= 11 is 0. The summed E-state index contributed by atoms with van der Waals surface area (Å²) in [6, 6.07) is 7.67. The molecule has 148 valence electrons. The Kier molecular flexibility index (Phi) is 11.6. The molecule has 0 aliphatic carbocycles. The van der Waals surface area contributed by atoms with E-state index in [2.05, 4.69) is 27.4 Å². The monoisotopic (exact) mass is 476 g/mol. The average Bonchev–Trinajstić information content (AvgIpc) is 2.63. The third-order valence-electron chi connectivity index (χ3n) is 4.45. The summed E-state index contributed by atoms with van der Waals surface area (Å²) in [5, 5.41) is 16.2. The van der Waals surface area contributed by atoms with Gasteiger partial charge in [0.2, 0.25) is 0 Å². The minimum absolute atomic E-state index is 0.